The van der Waals surface area contributed by atoms with Crippen LogP contribution >= 0.6 is 15.9 Å². The molecule has 0 spiro atoms. The van der Waals surface area contributed by atoms with E-state index in [0.717, 1.165) is 15.6 Å². The summed E-state index contributed by atoms with van der Waals surface area (Å²) < 4.78 is 20.9. The van der Waals surface area contributed by atoms with Gasteiger partial charge < -0.3 is 9.72 Å². The first kappa shape index (κ1) is 25.1. The summed E-state index contributed by atoms with van der Waals surface area (Å²) in [6.07, 6.45) is 1.38. The Morgan fingerprint density at radius 3 is 2.55 bits per heavy atom. The molecule has 1 amide bonds. The largest absolute Gasteiger partial charge is 0.422 e. The number of hydrogen-bond donors (Lipinski definition) is 2. The van der Waals surface area contributed by atoms with Crippen molar-refractivity contribution < 1.29 is 18.7 Å². The van der Waals surface area contributed by atoms with Gasteiger partial charge in [0, 0.05) is 21.0 Å². The van der Waals surface area contributed by atoms with E-state index in [2.05, 4.69) is 31.4 Å². The summed E-state index contributed by atoms with van der Waals surface area (Å²) in [6.45, 7) is 1.89. The van der Waals surface area contributed by atoms with Crippen molar-refractivity contribution in [2.75, 3.05) is 0 Å². The zero-order valence-electron chi connectivity index (χ0n) is 20.2. The monoisotopic (exact) mass is 569 g/mol. The number of nitrogens with one attached hydrogen (secondary N) is 2. The van der Waals surface area contributed by atoms with Crippen LogP contribution in [-0.4, -0.2) is 23.1 Å². The molecule has 0 saturated carbocycles. The molecule has 5 rings (SSSR count). The van der Waals surface area contributed by atoms with E-state index >= 15 is 0 Å². The summed E-state index contributed by atoms with van der Waals surface area (Å²) in [5.74, 6) is -1.25. The first-order chi connectivity index (χ1) is 18.4. The molecule has 4 aromatic carbocycles. The van der Waals surface area contributed by atoms with Crippen LogP contribution in [0.25, 0.3) is 22.0 Å². The molecule has 188 valence electrons. The topological polar surface area (TPSA) is 83.5 Å². The second-order valence-electron chi connectivity index (χ2n) is 8.54. The summed E-state index contributed by atoms with van der Waals surface area (Å²) in [5, 5.41) is 4.68. The van der Waals surface area contributed by atoms with Gasteiger partial charge in [0.2, 0.25) is 0 Å². The quantitative estimate of drug-likeness (QED) is 0.0996. The Balaban J connectivity index is 1.42. The Kier molecular flexibility index (Phi) is 7.15. The number of esters is 1. The fourth-order valence-electron chi connectivity index (χ4n) is 4.12. The third kappa shape index (κ3) is 5.26. The van der Waals surface area contributed by atoms with Crippen molar-refractivity contribution in [3.63, 3.8) is 0 Å². The molecular formula is C30H21BrFN3O3. The van der Waals surface area contributed by atoms with Gasteiger partial charge >= 0.3 is 5.97 Å². The number of para-hydroxylation sites is 1. The first-order valence-corrected chi connectivity index (χ1v) is 12.5. The summed E-state index contributed by atoms with van der Waals surface area (Å²) >= 11 is 3.41. The van der Waals surface area contributed by atoms with Crippen LogP contribution in [-0.2, 0) is 0 Å². The SMILES string of the molecule is Cc1cccc(C(=O)Oc2ccc(Br)cc2C=NNC(=O)c2[nH]c3c(F)cccc3c2-c2ccccc2)c1. The van der Waals surface area contributed by atoms with Crippen LogP contribution in [0.1, 0.15) is 32.0 Å². The van der Waals surface area contributed by atoms with Gasteiger partial charge in [0.15, 0.2) is 0 Å². The maximum absolute atomic E-state index is 14.5. The van der Waals surface area contributed by atoms with E-state index in [0.29, 0.717) is 22.1 Å². The third-order valence-corrected chi connectivity index (χ3v) is 6.36. The van der Waals surface area contributed by atoms with Gasteiger partial charge in [0.05, 0.1) is 17.3 Å². The summed E-state index contributed by atoms with van der Waals surface area (Å²) in [5.41, 5.74) is 6.06. The first-order valence-electron chi connectivity index (χ1n) is 11.7. The third-order valence-electron chi connectivity index (χ3n) is 5.87. The minimum Gasteiger partial charge on any atom is -0.422 e. The van der Waals surface area contributed by atoms with Gasteiger partial charge in [-0.15, -0.1) is 0 Å². The fourth-order valence-corrected chi connectivity index (χ4v) is 4.50. The van der Waals surface area contributed by atoms with Crippen LogP contribution in [0.15, 0.2) is 101 Å². The number of benzene rings is 4. The molecule has 0 bridgehead atoms. The van der Waals surface area contributed by atoms with E-state index in [1.807, 2.05) is 43.3 Å². The van der Waals surface area contributed by atoms with Crippen LogP contribution in [0.2, 0.25) is 0 Å². The minimum absolute atomic E-state index is 0.175. The highest BCUT2D eigenvalue weighted by atomic mass is 79.9. The van der Waals surface area contributed by atoms with E-state index in [4.69, 9.17) is 4.74 Å². The lowest BCUT2D eigenvalue weighted by Crippen LogP contribution is -2.19. The normalized spacial score (nSPS) is 11.1. The average Bonchev–Trinajstić information content (AvgIpc) is 3.32. The molecule has 0 saturated heterocycles. The molecule has 0 aliphatic carbocycles. The van der Waals surface area contributed by atoms with Gasteiger partial charge in [0.1, 0.15) is 17.3 Å². The molecule has 0 radical (unpaired) electrons. The Hall–Kier alpha value is -4.56. The Morgan fingerprint density at radius 1 is 0.974 bits per heavy atom. The molecule has 0 atom stereocenters. The zero-order chi connectivity index (χ0) is 26.6. The van der Waals surface area contributed by atoms with Crippen LogP contribution in [0.4, 0.5) is 4.39 Å². The molecule has 1 aromatic heterocycles. The molecule has 2 N–H and O–H groups in total. The molecule has 38 heavy (non-hydrogen) atoms. The van der Waals surface area contributed by atoms with Crippen molar-refractivity contribution in [2.45, 2.75) is 6.92 Å². The number of ether oxygens (including phenoxy) is 1. The molecule has 0 fully saturated rings. The molecular weight excluding hydrogens is 549 g/mol. The van der Waals surface area contributed by atoms with Gasteiger partial charge in [-0.3, -0.25) is 4.79 Å². The maximum Gasteiger partial charge on any atom is 0.343 e. The molecule has 0 unspecified atom stereocenters. The second-order valence-corrected chi connectivity index (χ2v) is 9.46. The summed E-state index contributed by atoms with van der Waals surface area (Å²) in [7, 11) is 0. The van der Waals surface area contributed by atoms with Crippen molar-refractivity contribution >= 4 is 44.9 Å². The van der Waals surface area contributed by atoms with Crippen molar-refractivity contribution in [3.8, 4) is 16.9 Å². The molecule has 8 heteroatoms. The molecule has 0 aliphatic heterocycles. The number of hydrazone groups is 1. The van der Waals surface area contributed by atoms with Crippen LogP contribution in [0.5, 0.6) is 5.75 Å². The van der Waals surface area contributed by atoms with Crippen LogP contribution in [0.3, 0.4) is 0 Å². The van der Waals surface area contributed by atoms with Crippen molar-refractivity contribution in [1.29, 1.82) is 0 Å². The highest BCUT2D eigenvalue weighted by Crippen LogP contribution is 2.33. The number of aryl methyl sites for hydroxylation is 1. The lowest BCUT2D eigenvalue weighted by Gasteiger charge is -2.09. The Labute approximate surface area is 226 Å². The number of fused-ring (bicyclic) bond motifs is 1. The van der Waals surface area contributed by atoms with E-state index < -0.39 is 17.7 Å². The number of nitrogens with zero attached hydrogens (tertiary/aromatic N) is 1. The smallest absolute Gasteiger partial charge is 0.343 e. The number of carbonyl (C=O) groups is 2. The van der Waals surface area contributed by atoms with Gasteiger partial charge in [-0.05, 0) is 48.9 Å². The molecule has 1 heterocycles. The van der Waals surface area contributed by atoms with Crippen molar-refractivity contribution in [2.24, 2.45) is 5.10 Å². The number of hydrogen-bond acceptors (Lipinski definition) is 4. The summed E-state index contributed by atoms with van der Waals surface area (Å²) in [4.78, 5) is 28.8. The number of amides is 1. The Morgan fingerprint density at radius 2 is 1.76 bits per heavy atom. The summed E-state index contributed by atoms with van der Waals surface area (Å²) in [6, 6.07) is 26.1. The molecule has 0 aliphatic rings. The number of halogens is 2. The van der Waals surface area contributed by atoms with E-state index in [1.165, 1.54) is 12.3 Å². The maximum atomic E-state index is 14.5. The highest BCUT2D eigenvalue weighted by Gasteiger charge is 2.20. The standard InChI is InChI=1S/C30H21BrFN3O3/c1-18-7-5-10-20(15-18)30(37)38-25-14-13-22(31)16-21(25)17-33-35-29(36)28-26(19-8-3-2-4-9-19)23-11-6-12-24(32)27(23)34-28/h2-17,34H,1H3,(H,35,36). The zero-order valence-corrected chi connectivity index (χ0v) is 21.8. The lowest BCUT2D eigenvalue weighted by atomic mass is 10.0. The van der Waals surface area contributed by atoms with Gasteiger partial charge in [-0.2, -0.15) is 5.10 Å². The highest BCUT2D eigenvalue weighted by molar-refractivity contribution is 9.10. The van der Waals surface area contributed by atoms with Crippen molar-refractivity contribution in [3.05, 3.63) is 124 Å². The minimum atomic E-state index is -0.552. The number of carbonyl (C=O) groups excluding carboxylic acids is 2. The Bertz CT molecular complexity index is 1700. The second kappa shape index (κ2) is 10.8. The molecule has 5 aromatic rings. The number of aromatic nitrogens is 1. The number of rotatable bonds is 6. The molecule has 6 nitrogen and oxygen atoms in total. The predicted molar refractivity (Wildman–Crippen MR) is 149 cm³/mol. The van der Waals surface area contributed by atoms with E-state index in [9.17, 15) is 14.0 Å². The van der Waals surface area contributed by atoms with Crippen molar-refractivity contribution in [1.82, 2.24) is 10.4 Å². The predicted octanol–water partition coefficient (Wildman–Crippen LogP) is 7.03. The van der Waals surface area contributed by atoms with E-state index in [1.54, 1.807) is 48.5 Å². The number of aromatic amines is 1. The van der Waals surface area contributed by atoms with Gasteiger partial charge in [0.25, 0.3) is 5.91 Å². The van der Waals surface area contributed by atoms with Gasteiger partial charge in [-0.25, -0.2) is 14.6 Å². The number of H-pyrrole nitrogens is 1. The van der Waals surface area contributed by atoms with Gasteiger partial charge in [-0.1, -0.05) is 76.1 Å². The van der Waals surface area contributed by atoms with E-state index in [-0.39, 0.29) is 17.0 Å². The van der Waals surface area contributed by atoms with Crippen LogP contribution < -0.4 is 10.2 Å². The fraction of sp³-hybridized carbons (Fsp3) is 0.0333. The average molecular weight is 570 g/mol. The van der Waals surface area contributed by atoms with Crippen LogP contribution in [0, 0.1) is 12.7 Å². The lowest BCUT2D eigenvalue weighted by molar-refractivity contribution is 0.0734.